The molecule has 1 aliphatic carbocycles. The van der Waals surface area contributed by atoms with Crippen LogP contribution in [-0.2, 0) is 16.6 Å². The van der Waals surface area contributed by atoms with Gasteiger partial charge in [-0.3, -0.25) is 0 Å². The maximum absolute atomic E-state index is 12.8. The summed E-state index contributed by atoms with van der Waals surface area (Å²) in [5.74, 6) is 0. The van der Waals surface area contributed by atoms with E-state index in [4.69, 9.17) is 0 Å². The maximum Gasteiger partial charge on any atom is 0.243 e. The SMILES string of the molecule is Cc1c(CNC(C)C)cccc1S(=O)(=O)N(C)C1CCC1. The van der Waals surface area contributed by atoms with Crippen LogP contribution in [0.5, 0.6) is 0 Å². The molecule has 118 valence electrons. The molecule has 0 aliphatic heterocycles. The summed E-state index contributed by atoms with van der Waals surface area (Å²) in [5, 5.41) is 3.35. The third kappa shape index (κ3) is 3.47. The Bertz CT molecular complexity index is 592. The van der Waals surface area contributed by atoms with Gasteiger partial charge in [-0.1, -0.05) is 32.4 Å². The third-order valence-corrected chi connectivity index (χ3v) is 6.40. The molecule has 1 aliphatic rings. The number of sulfonamides is 1. The van der Waals surface area contributed by atoms with Gasteiger partial charge in [0.1, 0.15) is 0 Å². The Kier molecular flexibility index (Phi) is 5.07. The first-order valence-electron chi connectivity index (χ1n) is 7.64. The second-order valence-corrected chi connectivity index (χ2v) is 8.15. The van der Waals surface area contributed by atoms with Gasteiger partial charge >= 0.3 is 0 Å². The zero-order valence-corrected chi connectivity index (χ0v) is 14.2. The Morgan fingerprint density at radius 1 is 1.33 bits per heavy atom. The molecule has 1 saturated carbocycles. The third-order valence-electron chi connectivity index (χ3n) is 4.34. The van der Waals surface area contributed by atoms with Gasteiger partial charge in [-0.25, -0.2) is 8.42 Å². The number of rotatable bonds is 6. The maximum atomic E-state index is 12.8. The first-order chi connectivity index (χ1) is 9.84. The van der Waals surface area contributed by atoms with Crippen molar-refractivity contribution in [3.63, 3.8) is 0 Å². The van der Waals surface area contributed by atoms with E-state index in [9.17, 15) is 8.42 Å². The molecule has 5 heteroatoms. The second-order valence-electron chi connectivity index (χ2n) is 6.18. The van der Waals surface area contributed by atoms with E-state index in [1.54, 1.807) is 17.4 Å². The Labute approximate surface area is 128 Å². The van der Waals surface area contributed by atoms with Crippen LogP contribution in [0, 0.1) is 6.92 Å². The van der Waals surface area contributed by atoms with Crippen LogP contribution in [-0.4, -0.2) is 31.9 Å². The molecule has 0 atom stereocenters. The summed E-state index contributed by atoms with van der Waals surface area (Å²) in [6, 6.07) is 6.10. The molecule has 2 rings (SSSR count). The van der Waals surface area contributed by atoms with Crippen LogP contribution in [0.25, 0.3) is 0 Å². The van der Waals surface area contributed by atoms with Crippen molar-refractivity contribution in [1.82, 2.24) is 9.62 Å². The van der Waals surface area contributed by atoms with E-state index in [1.165, 1.54) is 0 Å². The molecule has 0 aromatic heterocycles. The highest BCUT2D eigenvalue weighted by Crippen LogP contribution is 2.30. The standard InChI is InChI=1S/C16H26N2O2S/c1-12(2)17-11-14-7-5-10-16(13(14)3)21(19,20)18(4)15-8-6-9-15/h5,7,10,12,15,17H,6,8-9,11H2,1-4H3. The number of hydrogen-bond donors (Lipinski definition) is 1. The molecule has 1 fully saturated rings. The fourth-order valence-electron chi connectivity index (χ4n) is 2.55. The Morgan fingerprint density at radius 3 is 2.52 bits per heavy atom. The lowest BCUT2D eigenvalue weighted by molar-refractivity contribution is 0.249. The van der Waals surface area contributed by atoms with Crippen molar-refractivity contribution >= 4 is 10.0 Å². The van der Waals surface area contributed by atoms with Crippen LogP contribution in [0.1, 0.15) is 44.2 Å². The molecule has 0 heterocycles. The fraction of sp³-hybridized carbons (Fsp3) is 0.625. The molecule has 0 saturated heterocycles. The highest BCUT2D eigenvalue weighted by molar-refractivity contribution is 7.89. The molecule has 0 unspecified atom stereocenters. The quantitative estimate of drug-likeness (QED) is 0.879. The van der Waals surface area contributed by atoms with E-state index in [2.05, 4.69) is 19.2 Å². The minimum Gasteiger partial charge on any atom is -0.310 e. The largest absolute Gasteiger partial charge is 0.310 e. The van der Waals surface area contributed by atoms with Crippen LogP contribution in [0.3, 0.4) is 0 Å². The van der Waals surface area contributed by atoms with Gasteiger partial charge in [0.2, 0.25) is 10.0 Å². The van der Waals surface area contributed by atoms with Gasteiger partial charge in [0, 0.05) is 25.7 Å². The van der Waals surface area contributed by atoms with E-state index in [-0.39, 0.29) is 6.04 Å². The van der Waals surface area contributed by atoms with Crippen LogP contribution in [0.4, 0.5) is 0 Å². The lowest BCUT2D eigenvalue weighted by Crippen LogP contribution is -2.41. The summed E-state index contributed by atoms with van der Waals surface area (Å²) in [6.45, 7) is 6.76. The summed E-state index contributed by atoms with van der Waals surface area (Å²) in [6.07, 6.45) is 3.08. The van der Waals surface area contributed by atoms with Crippen molar-refractivity contribution < 1.29 is 8.42 Å². The Morgan fingerprint density at radius 2 is 2.00 bits per heavy atom. The van der Waals surface area contributed by atoms with Crippen LogP contribution in [0.15, 0.2) is 23.1 Å². The molecule has 0 bridgehead atoms. The van der Waals surface area contributed by atoms with Crippen molar-refractivity contribution in [3.8, 4) is 0 Å². The average molecular weight is 310 g/mol. The topological polar surface area (TPSA) is 49.4 Å². The van der Waals surface area contributed by atoms with Crippen LogP contribution < -0.4 is 5.32 Å². The minimum atomic E-state index is -3.39. The normalized spacial score (nSPS) is 16.5. The summed E-state index contributed by atoms with van der Waals surface area (Å²) in [4.78, 5) is 0.444. The minimum absolute atomic E-state index is 0.173. The van der Waals surface area contributed by atoms with Gasteiger partial charge in [-0.05, 0) is 37.0 Å². The van der Waals surface area contributed by atoms with Crippen molar-refractivity contribution in [2.45, 2.75) is 63.6 Å². The molecule has 0 radical (unpaired) electrons. The van der Waals surface area contributed by atoms with Crippen molar-refractivity contribution in [2.24, 2.45) is 0 Å². The monoisotopic (exact) mass is 310 g/mol. The molecule has 1 aromatic carbocycles. The van der Waals surface area contributed by atoms with Gasteiger partial charge < -0.3 is 5.32 Å². The number of nitrogens with one attached hydrogen (secondary N) is 1. The highest BCUT2D eigenvalue weighted by atomic mass is 32.2. The lowest BCUT2D eigenvalue weighted by atomic mass is 9.94. The molecule has 0 spiro atoms. The van der Waals surface area contributed by atoms with Gasteiger partial charge in [0.15, 0.2) is 0 Å². The van der Waals surface area contributed by atoms with Crippen molar-refractivity contribution in [1.29, 1.82) is 0 Å². The molecule has 0 amide bonds. The number of benzene rings is 1. The zero-order valence-electron chi connectivity index (χ0n) is 13.4. The van der Waals surface area contributed by atoms with E-state index in [0.717, 1.165) is 30.4 Å². The number of hydrogen-bond acceptors (Lipinski definition) is 3. The molecule has 1 aromatic rings. The Balaban J connectivity index is 2.28. The van der Waals surface area contributed by atoms with Gasteiger partial charge in [0.25, 0.3) is 0 Å². The predicted molar refractivity (Wildman–Crippen MR) is 85.7 cm³/mol. The highest BCUT2D eigenvalue weighted by Gasteiger charge is 2.32. The smallest absolute Gasteiger partial charge is 0.243 e. The predicted octanol–water partition coefficient (Wildman–Crippen LogP) is 2.67. The van der Waals surface area contributed by atoms with E-state index in [0.29, 0.717) is 17.5 Å². The summed E-state index contributed by atoms with van der Waals surface area (Å²) in [5.41, 5.74) is 1.91. The first-order valence-corrected chi connectivity index (χ1v) is 9.08. The molecule has 21 heavy (non-hydrogen) atoms. The van der Waals surface area contributed by atoms with Crippen molar-refractivity contribution in [3.05, 3.63) is 29.3 Å². The second kappa shape index (κ2) is 6.46. The van der Waals surface area contributed by atoms with E-state index >= 15 is 0 Å². The van der Waals surface area contributed by atoms with E-state index < -0.39 is 10.0 Å². The Hall–Kier alpha value is -0.910. The summed E-state index contributed by atoms with van der Waals surface area (Å²) < 4.78 is 27.1. The van der Waals surface area contributed by atoms with Gasteiger partial charge in [0.05, 0.1) is 4.90 Å². The van der Waals surface area contributed by atoms with Gasteiger partial charge in [-0.15, -0.1) is 0 Å². The molecule has 4 nitrogen and oxygen atoms in total. The van der Waals surface area contributed by atoms with Crippen LogP contribution in [0.2, 0.25) is 0 Å². The average Bonchev–Trinajstić information content (AvgIpc) is 2.35. The zero-order chi connectivity index (χ0) is 15.6. The lowest BCUT2D eigenvalue weighted by Gasteiger charge is -2.34. The van der Waals surface area contributed by atoms with Crippen LogP contribution >= 0.6 is 0 Å². The fourth-order valence-corrected chi connectivity index (χ4v) is 4.23. The summed E-state index contributed by atoms with van der Waals surface area (Å²) in [7, 11) is -1.68. The van der Waals surface area contributed by atoms with Crippen molar-refractivity contribution in [2.75, 3.05) is 7.05 Å². The molecular weight excluding hydrogens is 284 g/mol. The van der Waals surface area contributed by atoms with E-state index in [1.807, 2.05) is 19.1 Å². The van der Waals surface area contributed by atoms with Gasteiger partial charge in [-0.2, -0.15) is 4.31 Å². The summed E-state index contributed by atoms with van der Waals surface area (Å²) >= 11 is 0. The number of nitrogens with zero attached hydrogens (tertiary/aromatic N) is 1. The first kappa shape index (κ1) is 16.5. The molecule has 1 N–H and O–H groups in total. The molecular formula is C16H26N2O2S.